The second kappa shape index (κ2) is 8.21. The van der Waals surface area contributed by atoms with Gasteiger partial charge in [0.2, 0.25) is 5.78 Å². The quantitative estimate of drug-likeness (QED) is 0.406. The average Bonchev–Trinajstić information content (AvgIpc) is 3.47. The van der Waals surface area contributed by atoms with Crippen LogP contribution in [-0.4, -0.2) is 48.2 Å². The van der Waals surface area contributed by atoms with Crippen molar-refractivity contribution in [3.8, 4) is 5.75 Å². The van der Waals surface area contributed by atoms with E-state index in [2.05, 4.69) is 0 Å². The van der Waals surface area contributed by atoms with E-state index in [1.165, 1.54) is 11.2 Å². The molecule has 0 radical (unpaired) electrons. The Morgan fingerprint density at radius 3 is 2.62 bits per heavy atom. The SMILES string of the molecule is CCOc1ccc(C(=O)C2C(=O)C(=O)N(CC3CCCO3)C2c2ccco2)cc1. The third-order valence-electron chi connectivity index (χ3n) is 5.40. The zero-order valence-corrected chi connectivity index (χ0v) is 16.2. The third-order valence-corrected chi connectivity index (χ3v) is 5.40. The summed E-state index contributed by atoms with van der Waals surface area (Å²) >= 11 is 0. The molecule has 1 aromatic heterocycles. The molecule has 0 bridgehead atoms. The second-order valence-corrected chi connectivity index (χ2v) is 7.22. The van der Waals surface area contributed by atoms with Gasteiger partial charge < -0.3 is 18.8 Å². The monoisotopic (exact) mass is 397 g/mol. The number of furan rings is 1. The van der Waals surface area contributed by atoms with Crippen molar-refractivity contribution in [2.75, 3.05) is 19.8 Å². The maximum Gasteiger partial charge on any atom is 0.291 e. The molecule has 2 aliphatic rings. The number of amides is 1. The number of carbonyl (C=O) groups excluding carboxylic acids is 3. The summed E-state index contributed by atoms with van der Waals surface area (Å²) in [6, 6.07) is 9.21. The van der Waals surface area contributed by atoms with Gasteiger partial charge in [-0.05, 0) is 56.2 Å². The van der Waals surface area contributed by atoms with E-state index < -0.39 is 29.4 Å². The van der Waals surface area contributed by atoms with Crippen molar-refractivity contribution in [3.63, 3.8) is 0 Å². The lowest BCUT2D eigenvalue weighted by molar-refractivity contribution is -0.141. The van der Waals surface area contributed by atoms with E-state index in [1.54, 1.807) is 36.4 Å². The molecule has 2 aromatic rings. The summed E-state index contributed by atoms with van der Waals surface area (Å²) in [7, 11) is 0. The molecule has 2 saturated heterocycles. The van der Waals surface area contributed by atoms with Gasteiger partial charge in [-0.3, -0.25) is 14.4 Å². The molecule has 152 valence electrons. The van der Waals surface area contributed by atoms with Gasteiger partial charge in [0.05, 0.1) is 19.0 Å². The summed E-state index contributed by atoms with van der Waals surface area (Å²) < 4.78 is 16.6. The van der Waals surface area contributed by atoms with Crippen LogP contribution in [0.15, 0.2) is 47.1 Å². The van der Waals surface area contributed by atoms with Crippen LogP contribution in [0.25, 0.3) is 0 Å². The summed E-state index contributed by atoms with van der Waals surface area (Å²) in [5.74, 6) is -1.85. The summed E-state index contributed by atoms with van der Waals surface area (Å²) in [6.07, 6.45) is 3.08. The summed E-state index contributed by atoms with van der Waals surface area (Å²) in [4.78, 5) is 40.3. The van der Waals surface area contributed by atoms with Crippen molar-refractivity contribution in [2.45, 2.75) is 31.9 Å². The van der Waals surface area contributed by atoms with Gasteiger partial charge in [0.1, 0.15) is 23.5 Å². The molecule has 2 aliphatic heterocycles. The van der Waals surface area contributed by atoms with Crippen LogP contribution in [0.4, 0.5) is 0 Å². The lowest BCUT2D eigenvalue weighted by atomic mass is 9.88. The van der Waals surface area contributed by atoms with E-state index in [9.17, 15) is 14.4 Å². The maximum absolute atomic E-state index is 13.2. The molecular weight excluding hydrogens is 374 g/mol. The van der Waals surface area contributed by atoms with Gasteiger partial charge in [-0.15, -0.1) is 0 Å². The molecule has 0 aliphatic carbocycles. The molecule has 0 saturated carbocycles. The molecule has 3 unspecified atom stereocenters. The zero-order valence-electron chi connectivity index (χ0n) is 16.2. The maximum atomic E-state index is 13.2. The van der Waals surface area contributed by atoms with Crippen LogP contribution < -0.4 is 4.74 Å². The van der Waals surface area contributed by atoms with Gasteiger partial charge in [0, 0.05) is 18.7 Å². The highest BCUT2D eigenvalue weighted by Gasteiger charge is 2.53. The first-order valence-corrected chi connectivity index (χ1v) is 9.87. The lowest BCUT2D eigenvalue weighted by Gasteiger charge is -2.27. The zero-order chi connectivity index (χ0) is 20.4. The van der Waals surface area contributed by atoms with E-state index in [-0.39, 0.29) is 12.6 Å². The van der Waals surface area contributed by atoms with Crippen molar-refractivity contribution in [1.29, 1.82) is 0 Å². The van der Waals surface area contributed by atoms with Crippen LogP contribution in [-0.2, 0) is 14.3 Å². The largest absolute Gasteiger partial charge is 0.494 e. The standard InChI is InChI=1S/C22H23NO6/c1-2-27-15-9-7-14(8-10-15)20(24)18-19(17-6-4-12-29-17)23(22(26)21(18)25)13-16-5-3-11-28-16/h4,6-10,12,16,18-19H,2-3,5,11,13H2,1H3. The van der Waals surface area contributed by atoms with Crippen LogP contribution in [0, 0.1) is 5.92 Å². The minimum atomic E-state index is -1.15. The smallest absolute Gasteiger partial charge is 0.291 e. The molecule has 29 heavy (non-hydrogen) atoms. The topological polar surface area (TPSA) is 86.1 Å². The Morgan fingerprint density at radius 2 is 2.00 bits per heavy atom. The summed E-state index contributed by atoms with van der Waals surface area (Å²) in [5.41, 5.74) is 0.357. The minimum absolute atomic E-state index is 0.136. The predicted octanol–water partition coefficient (Wildman–Crippen LogP) is 2.81. The fraction of sp³-hybridized carbons (Fsp3) is 0.409. The van der Waals surface area contributed by atoms with Crippen molar-refractivity contribution in [3.05, 3.63) is 54.0 Å². The van der Waals surface area contributed by atoms with E-state index in [4.69, 9.17) is 13.9 Å². The van der Waals surface area contributed by atoms with E-state index in [0.29, 0.717) is 30.3 Å². The highest BCUT2D eigenvalue weighted by molar-refractivity contribution is 6.44. The molecule has 4 rings (SSSR count). The Balaban J connectivity index is 1.65. The molecule has 2 fully saturated rings. The average molecular weight is 397 g/mol. The first kappa shape index (κ1) is 19.4. The van der Waals surface area contributed by atoms with Gasteiger partial charge in [-0.2, -0.15) is 0 Å². The van der Waals surface area contributed by atoms with Crippen molar-refractivity contribution in [1.82, 2.24) is 4.90 Å². The third kappa shape index (κ3) is 3.70. The van der Waals surface area contributed by atoms with Gasteiger partial charge in [-0.25, -0.2) is 0 Å². The number of rotatable bonds is 7. The highest BCUT2D eigenvalue weighted by atomic mass is 16.5. The van der Waals surface area contributed by atoms with E-state index in [1.807, 2.05) is 6.92 Å². The molecule has 0 spiro atoms. The Labute approximate surface area is 168 Å². The van der Waals surface area contributed by atoms with Crippen molar-refractivity contribution in [2.24, 2.45) is 5.92 Å². The second-order valence-electron chi connectivity index (χ2n) is 7.22. The number of nitrogens with zero attached hydrogens (tertiary/aromatic N) is 1. The number of ketones is 2. The fourth-order valence-electron chi connectivity index (χ4n) is 4.03. The molecule has 3 heterocycles. The van der Waals surface area contributed by atoms with Crippen LogP contribution in [0.1, 0.15) is 41.9 Å². The number of hydrogen-bond acceptors (Lipinski definition) is 6. The molecule has 7 heteroatoms. The Hall–Kier alpha value is -2.93. The first-order valence-electron chi connectivity index (χ1n) is 9.87. The molecule has 0 N–H and O–H groups in total. The summed E-state index contributed by atoms with van der Waals surface area (Å²) in [6.45, 7) is 3.30. The Bertz CT molecular complexity index is 883. The number of likely N-dealkylation sites (tertiary alicyclic amines) is 1. The number of hydrogen-bond donors (Lipinski definition) is 0. The number of Topliss-reactive ketones (excluding diaryl/α,β-unsaturated/α-hetero) is 2. The summed E-state index contributed by atoms with van der Waals surface area (Å²) in [5, 5.41) is 0. The number of carbonyl (C=O) groups is 3. The van der Waals surface area contributed by atoms with E-state index in [0.717, 1.165) is 12.8 Å². The molecule has 3 atom stereocenters. The normalized spacial score (nSPS) is 24.3. The Morgan fingerprint density at radius 1 is 1.21 bits per heavy atom. The molecule has 1 aromatic carbocycles. The van der Waals surface area contributed by atoms with Crippen LogP contribution in [0.2, 0.25) is 0 Å². The van der Waals surface area contributed by atoms with Gasteiger partial charge in [-0.1, -0.05) is 0 Å². The first-order chi connectivity index (χ1) is 14.1. The van der Waals surface area contributed by atoms with Crippen molar-refractivity contribution < 1.29 is 28.3 Å². The molecule has 1 amide bonds. The number of ether oxygens (including phenoxy) is 2. The molecule has 7 nitrogen and oxygen atoms in total. The van der Waals surface area contributed by atoms with Crippen molar-refractivity contribution >= 4 is 17.5 Å². The Kier molecular flexibility index (Phi) is 5.49. The van der Waals surface area contributed by atoms with Gasteiger partial charge in [0.25, 0.3) is 5.91 Å². The predicted molar refractivity (Wildman–Crippen MR) is 103 cm³/mol. The minimum Gasteiger partial charge on any atom is -0.494 e. The van der Waals surface area contributed by atoms with Crippen LogP contribution in [0.3, 0.4) is 0 Å². The number of benzene rings is 1. The van der Waals surface area contributed by atoms with E-state index >= 15 is 0 Å². The van der Waals surface area contributed by atoms with Crippen LogP contribution >= 0.6 is 0 Å². The highest BCUT2D eigenvalue weighted by Crippen LogP contribution is 2.39. The lowest BCUT2D eigenvalue weighted by Crippen LogP contribution is -2.36. The fourth-order valence-corrected chi connectivity index (χ4v) is 4.03. The molecular formula is C22H23NO6. The van der Waals surface area contributed by atoms with Crippen LogP contribution in [0.5, 0.6) is 5.75 Å². The van der Waals surface area contributed by atoms with Gasteiger partial charge >= 0.3 is 0 Å². The van der Waals surface area contributed by atoms with Gasteiger partial charge in [0.15, 0.2) is 5.78 Å².